The van der Waals surface area contributed by atoms with Gasteiger partial charge in [0.2, 0.25) is 0 Å². The topological polar surface area (TPSA) is 146 Å². The maximum atomic E-state index is 14.6. The fourth-order valence-electron chi connectivity index (χ4n) is 3.31. The summed E-state index contributed by atoms with van der Waals surface area (Å²) in [5.41, 5.74) is 0.463. The summed E-state index contributed by atoms with van der Waals surface area (Å²) >= 11 is 9.14. The van der Waals surface area contributed by atoms with Crippen LogP contribution in [0.3, 0.4) is 0 Å². The van der Waals surface area contributed by atoms with E-state index in [0.717, 1.165) is 0 Å². The molecule has 0 unspecified atom stereocenters. The Kier molecular flexibility index (Phi) is 9.41. The van der Waals surface area contributed by atoms with Crippen molar-refractivity contribution in [1.82, 2.24) is 9.97 Å². The lowest BCUT2D eigenvalue weighted by atomic mass is 10.0. The number of ether oxygens (including phenoxy) is 3. The molecule has 0 aliphatic rings. The van der Waals surface area contributed by atoms with Crippen LogP contribution in [0.5, 0.6) is 11.5 Å². The lowest BCUT2D eigenvalue weighted by Gasteiger charge is -2.30. The number of anilines is 2. The predicted molar refractivity (Wildman–Crippen MR) is 130 cm³/mol. The van der Waals surface area contributed by atoms with Crippen molar-refractivity contribution < 1.29 is 39.0 Å². The van der Waals surface area contributed by atoms with Crippen LogP contribution < -0.4 is 14.8 Å². The first-order valence-electron chi connectivity index (χ1n) is 10.3. The van der Waals surface area contributed by atoms with Crippen LogP contribution in [0.4, 0.5) is 15.9 Å². The van der Waals surface area contributed by atoms with Gasteiger partial charge in [-0.05, 0) is 34.1 Å². The zero-order valence-electron chi connectivity index (χ0n) is 18.7. The lowest BCUT2D eigenvalue weighted by molar-refractivity contribution is -0.127. The zero-order valence-corrected chi connectivity index (χ0v) is 21.0. The maximum Gasteiger partial charge on any atom is 0.166 e. The number of fused-ring (bicyclic) bond motifs is 1. The standard InChI is InChI=1S/C22H24BrClFN3O7/c1-33-14-5-10-13(6-15(14)35-17(8-30)21(32)20(31)16(7-29)34-2)26-9-27-22(10)28-12-4-3-11(23)18(24)19(12)25/h3-6,9,16-17,20-21,29-32H,7-8H2,1-2H3,(H,26,27,28)/t16-,17-,20+,21+/m0/s1. The van der Waals surface area contributed by atoms with E-state index in [1.165, 1.54) is 38.7 Å². The average Bonchev–Trinajstić information content (AvgIpc) is 2.87. The highest BCUT2D eigenvalue weighted by Gasteiger charge is 2.34. The molecule has 0 spiro atoms. The third-order valence-electron chi connectivity index (χ3n) is 5.26. The molecule has 0 saturated carbocycles. The largest absolute Gasteiger partial charge is 0.493 e. The number of aromatic nitrogens is 2. The molecule has 190 valence electrons. The summed E-state index contributed by atoms with van der Waals surface area (Å²) < 4.78 is 31.0. The quantitative estimate of drug-likeness (QED) is 0.216. The van der Waals surface area contributed by atoms with Gasteiger partial charge in [-0.2, -0.15) is 0 Å². The summed E-state index contributed by atoms with van der Waals surface area (Å²) in [5.74, 6) is -0.117. The first kappa shape index (κ1) is 27.3. The molecule has 5 N–H and O–H groups in total. The smallest absolute Gasteiger partial charge is 0.166 e. The fourth-order valence-corrected chi connectivity index (χ4v) is 3.78. The fraction of sp³-hybridized carbons (Fsp3) is 0.364. The summed E-state index contributed by atoms with van der Waals surface area (Å²) in [6.07, 6.45) is -4.27. The minimum atomic E-state index is -1.61. The third-order valence-corrected chi connectivity index (χ3v) is 6.52. The third kappa shape index (κ3) is 5.92. The number of methoxy groups -OCH3 is 2. The van der Waals surface area contributed by atoms with Crippen molar-refractivity contribution in [1.29, 1.82) is 0 Å². The van der Waals surface area contributed by atoms with E-state index in [9.17, 15) is 24.8 Å². The van der Waals surface area contributed by atoms with Crippen LogP contribution in [0.25, 0.3) is 10.9 Å². The second-order valence-electron chi connectivity index (χ2n) is 7.37. The molecule has 0 aliphatic heterocycles. The van der Waals surface area contributed by atoms with Crippen molar-refractivity contribution in [3.05, 3.63) is 45.9 Å². The van der Waals surface area contributed by atoms with Crippen molar-refractivity contribution in [2.75, 3.05) is 32.8 Å². The molecule has 0 aliphatic carbocycles. The molecule has 10 nitrogen and oxygen atoms in total. The SMILES string of the molecule is COc1cc2c(Nc3ccc(Br)c(Cl)c3F)ncnc2cc1O[C@@H](CO)[C@@H](O)[C@H](O)[C@H](CO)OC. The molecule has 1 heterocycles. The van der Waals surface area contributed by atoms with E-state index in [0.29, 0.717) is 15.4 Å². The summed E-state index contributed by atoms with van der Waals surface area (Å²) in [7, 11) is 2.64. The molecule has 2 aromatic carbocycles. The van der Waals surface area contributed by atoms with E-state index in [-0.39, 0.29) is 28.0 Å². The van der Waals surface area contributed by atoms with Crippen molar-refractivity contribution >= 4 is 49.9 Å². The van der Waals surface area contributed by atoms with E-state index in [1.54, 1.807) is 6.07 Å². The van der Waals surface area contributed by atoms with Gasteiger partial charge >= 0.3 is 0 Å². The normalized spacial score (nSPS) is 14.9. The summed E-state index contributed by atoms with van der Waals surface area (Å²) in [6.45, 7) is -1.22. The van der Waals surface area contributed by atoms with Gasteiger partial charge in [0.25, 0.3) is 0 Å². The van der Waals surface area contributed by atoms with E-state index in [2.05, 4.69) is 31.2 Å². The van der Waals surface area contributed by atoms with Gasteiger partial charge in [0, 0.05) is 23.0 Å². The Morgan fingerprint density at radius 1 is 1.06 bits per heavy atom. The number of nitrogens with zero attached hydrogens (tertiary/aromatic N) is 2. The molecule has 0 amide bonds. The van der Waals surface area contributed by atoms with Crippen LogP contribution in [-0.4, -0.2) is 82.2 Å². The van der Waals surface area contributed by atoms with Crippen LogP contribution >= 0.6 is 27.5 Å². The average molecular weight is 577 g/mol. The molecule has 0 fully saturated rings. The Balaban J connectivity index is 1.95. The molecular weight excluding hydrogens is 553 g/mol. The van der Waals surface area contributed by atoms with Crippen molar-refractivity contribution in [2.45, 2.75) is 24.4 Å². The van der Waals surface area contributed by atoms with Crippen LogP contribution in [0.15, 0.2) is 35.1 Å². The number of benzene rings is 2. The highest BCUT2D eigenvalue weighted by molar-refractivity contribution is 9.10. The van der Waals surface area contributed by atoms with Gasteiger partial charge in [-0.25, -0.2) is 14.4 Å². The molecule has 0 bridgehead atoms. The number of aliphatic hydroxyl groups is 4. The van der Waals surface area contributed by atoms with Gasteiger partial charge in [0.05, 0.1) is 36.6 Å². The van der Waals surface area contributed by atoms with Crippen molar-refractivity contribution in [3.8, 4) is 11.5 Å². The Hall–Kier alpha value is -2.32. The van der Waals surface area contributed by atoms with E-state index >= 15 is 0 Å². The van der Waals surface area contributed by atoms with Gasteiger partial charge in [-0.3, -0.25) is 0 Å². The second-order valence-corrected chi connectivity index (χ2v) is 8.60. The highest BCUT2D eigenvalue weighted by atomic mass is 79.9. The predicted octanol–water partition coefficient (Wildman–Crippen LogP) is 2.41. The monoisotopic (exact) mass is 575 g/mol. The number of hydrogen-bond donors (Lipinski definition) is 5. The Morgan fingerprint density at radius 3 is 2.37 bits per heavy atom. The number of aliphatic hydroxyl groups excluding tert-OH is 4. The molecule has 0 saturated heterocycles. The number of hydrogen-bond acceptors (Lipinski definition) is 10. The molecule has 13 heteroatoms. The summed E-state index contributed by atoms with van der Waals surface area (Å²) in [5, 5.41) is 43.0. The molecular formula is C22H24BrClFN3O7. The highest BCUT2D eigenvalue weighted by Crippen LogP contribution is 2.37. The number of rotatable bonds is 11. The van der Waals surface area contributed by atoms with Crippen LogP contribution in [-0.2, 0) is 4.74 Å². The molecule has 1 aromatic heterocycles. The van der Waals surface area contributed by atoms with Crippen LogP contribution in [0.1, 0.15) is 0 Å². The van der Waals surface area contributed by atoms with Crippen LogP contribution in [0.2, 0.25) is 5.02 Å². The van der Waals surface area contributed by atoms with E-state index in [1.807, 2.05) is 0 Å². The van der Waals surface area contributed by atoms with Gasteiger partial charge in [0.1, 0.15) is 30.5 Å². The Bertz CT molecular complexity index is 1170. The number of halogens is 3. The first-order valence-corrected chi connectivity index (χ1v) is 11.4. The molecule has 3 rings (SSSR count). The van der Waals surface area contributed by atoms with E-state index < -0.39 is 43.4 Å². The van der Waals surface area contributed by atoms with Crippen LogP contribution in [0, 0.1) is 5.82 Å². The molecule has 3 aromatic rings. The lowest BCUT2D eigenvalue weighted by Crippen LogP contribution is -2.49. The van der Waals surface area contributed by atoms with Gasteiger partial charge < -0.3 is 40.0 Å². The number of nitrogens with one attached hydrogen (secondary N) is 1. The van der Waals surface area contributed by atoms with Gasteiger partial charge in [-0.1, -0.05) is 11.6 Å². The van der Waals surface area contributed by atoms with Crippen molar-refractivity contribution in [2.24, 2.45) is 0 Å². The summed E-state index contributed by atoms with van der Waals surface area (Å²) in [4.78, 5) is 8.38. The molecule has 4 atom stereocenters. The minimum absolute atomic E-state index is 0.0886. The van der Waals surface area contributed by atoms with E-state index in [4.69, 9.17) is 25.8 Å². The summed E-state index contributed by atoms with van der Waals surface area (Å²) in [6, 6.07) is 6.09. The molecule has 0 radical (unpaired) electrons. The second kappa shape index (κ2) is 12.1. The first-order chi connectivity index (χ1) is 16.7. The molecule has 35 heavy (non-hydrogen) atoms. The van der Waals surface area contributed by atoms with Gasteiger partial charge in [-0.15, -0.1) is 0 Å². The maximum absolute atomic E-state index is 14.6. The van der Waals surface area contributed by atoms with Gasteiger partial charge in [0.15, 0.2) is 23.4 Å². The Labute approximate surface area is 213 Å². The zero-order chi connectivity index (χ0) is 25.7. The minimum Gasteiger partial charge on any atom is -0.493 e. The Morgan fingerprint density at radius 2 is 1.74 bits per heavy atom. The van der Waals surface area contributed by atoms with Crippen molar-refractivity contribution in [3.63, 3.8) is 0 Å².